The molecule has 0 saturated carbocycles. The molecular weight excluding hydrogens is 348 g/mol. The zero-order valence-electron chi connectivity index (χ0n) is 14.3. The van der Waals surface area contributed by atoms with Crippen LogP contribution in [0.3, 0.4) is 0 Å². The van der Waals surface area contributed by atoms with Crippen molar-refractivity contribution in [3.05, 3.63) is 33.9 Å². The number of nitrogens with one attached hydrogen (secondary N) is 2. The summed E-state index contributed by atoms with van der Waals surface area (Å²) in [4.78, 5) is 25.0. The summed E-state index contributed by atoms with van der Waals surface area (Å²) >= 11 is 0. The summed E-state index contributed by atoms with van der Waals surface area (Å²) in [5.41, 5.74) is 0.0812. The predicted molar refractivity (Wildman–Crippen MR) is 97.8 cm³/mol. The quantitative estimate of drug-likeness (QED) is 0.407. The van der Waals surface area contributed by atoms with E-state index in [2.05, 4.69) is 15.5 Å². The van der Waals surface area contributed by atoms with Crippen molar-refractivity contribution in [2.75, 3.05) is 45.9 Å². The van der Waals surface area contributed by atoms with E-state index in [1.54, 1.807) is 13.0 Å². The number of piperazine rings is 1. The van der Waals surface area contributed by atoms with E-state index in [9.17, 15) is 14.9 Å². The molecule has 1 fully saturated rings. The largest absolute Gasteiger partial charge is 0.487 e. The zero-order chi connectivity index (χ0) is 17.4. The van der Waals surface area contributed by atoms with Crippen molar-refractivity contribution >= 4 is 24.0 Å². The van der Waals surface area contributed by atoms with Crippen LogP contribution in [0.2, 0.25) is 0 Å². The van der Waals surface area contributed by atoms with Crippen molar-refractivity contribution in [1.29, 1.82) is 0 Å². The summed E-state index contributed by atoms with van der Waals surface area (Å²) < 4.78 is 5.21. The predicted octanol–water partition coefficient (Wildman–Crippen LogP) is 1.44. The molecule has 0 aromatic heterocycles. The first-order chi connectivity index (χ1) is 11.6. The van der Waals surface area contributed by atoms with Gasteiger partial charge >= 0.3 is 5.69 Å². The van der Waals surface area contributed by atoms with Crippen molar-refractivity contribution in [3.8, 4) is 5.75 Å². The molecule has 1 aromatic carbocycles. The highest BCUT2D eigenvalue weighted by molar-refractivity contribution is 5.95. The lowest BCUT2D eigenvalue weighted by atomic mass is 10.1. The third-order valence-electron chi connectivity index (χ3n) is 3.86. The van der Waals surface area contributed by atoms with Gasteiger partial charge in [0, 0.05) is 44.4 Å². The molecule has 1 aromatic rings. The number of ether oxygens (including phenoxy) is 1. The van der Waals surface area contributed by atoms with Crippen molar-refractivity contribution in [2.24, 2.45) is 0 Å². The third-order valence-corrected chi connectivity index (χ3v) is 3.86. The summed E-state index contributed by atoms with van der Waals surface area (Å²) in [6.45, 7) is 7.62. The van der Waals surface area contributed by atoms with Gasteiger partial charge in [-0.15, -0.1) is 12.4 Å². The molecule has 0 unspecified atom stereocenters. The van der Waals surface area contributed by atoms with Gasteiger partial charge in [-0.1, -0.05) is 0 Å². The molecular formula is C16H25ClN4O4. The fourth-order valence-electron chi connectivity index (χ4n) is 2.62. The van der Waals surface area contributed by atoms with Gasteiger partial charge in [0.2, 0.25) is 0 Å². The minimum absolute atomic E-state index is 0. The van der Waals surface area contributed by atoms with Crippen LogP contribution < -0.4 is 15.4 Å². The average Bonchev–Trinajstić information content (AvgIpc) is 2.60. The van der Waals surface area contributed by atoms with Crippen LogP contribution in [0, 0.1) is 10.1 Å². The molecule has 1 amide bonds. The van der Waals surface area contributed by atoms with Crippen molar-refractivity contribution < 1.29 is 14.5 Å². The maximum atomic E-state index is 12.1. The van der Waals surface area contributed by atoms with E-state index >= 15 is 0 Å². The fraction of sp³-hybridized carbons (Fsp3) is 0.562. The molecule has 0 bridgehead atoms. The second kappa shape index (κ2) is 10.9. The van der Waals surface area contributed by atoms with Gasteiger partial charge in [-0.3, -0.25) is 14.9 Å². The molecule has 140 valence electrons. The summed E-state index contributed by atoms with van der Waals surface area (Å²) in [5.74, 6) is -0.126. The van der Waals surface area contributed by atoms with Crippen LogP contribution >= 0.6 is 12.4 Å². The molecule has 1 aliphatic rings. The molecule has 1 heterocycles. The van der Waals surface area contributed by atoms with Gasteiger partial charge in [-0.05, 0) is 32.0 Å². The van der Waals surface area contributed by atoms with Crippen LogP contribution in [0.5, 0.6) is 5.75 Å². The van der Waals surface area contributed by atoms with Crippen LogP contribution in [-0.4, -0.2) is 61.6 Å². The lowest BCUT2D eigenvalue weighted by Gasteiger charge is -2.27. The van der Waals surface area contributed by atoms with Gasteiger partial charge < -0.3 is 20.3 Å². The van der Waals surface area contributed by atoms with E-state index < -0.39 is 4.92 Å². The molecule has 9 heteroatoms. The molecule has 8 nitrogen and oxygen atoms in total. The first-order valence-electron chi connectivity index (χ1n) is 8.24. The Labute approximate surface area is 153 Å². The smallest absolute Gasteiger partial charge is 0.311 e. The van der Waals surface area contributed by atoms with Gasteiger partial charge in [-0.2, -0.15) is 0 Å². The normalized spacial score (nSPS) is 14.4. The lowest BCUT2D eigenvalue weighted by Crippen LogP contribution is -2.44. The Bertz CT molecular complexity index is 579. The molecule has 2 N–H and O–H groups in total. The number of nitrogens with zero attached hydrogens (tertiary/aromatic N) is 2. The second-order valence-corrected chi connectivity index (χ2v) is 5.57. The van der Waals surface area contributed by atoms with Gasteiger partial charge in [0.1, 0.15) is 0 Å². The number of hydrogen-bond donors (Lipinski definition) is 2. The number of hydrogen-bond acceptors (Lipinski definition) is 6. The molecule has 25 heavy (non-hydrogen) atoms. The number of benzene rings is 1. The lowest BCUT2D eigenvalue weighted by molar-refractivity contribution is -0.385. The molecule has 0 radical (unpaired) electrons. The van der Waals surface area contributed by atoms with E-state index in [-0.39, 0.29) is 35.3 Å². The molecule has 0 aliphatic carbocycles. The topological polar surface area (TPSA) is 96.7 Å². The Hall–Kier alpha value is -1.90. The van der Waals surface area contributed by atoms with Crippen molar-refractivity contribution in [2.45, 2.75) is 13.3 Å². The van der Waals surface area contributed by atoms with E-state index in [0.29, 0.717) is 13.2 Å². The second-order valence-electron chi connectivity index (χ2n) is 5.57. The fourth-order valence-corrected chi connectivity index (χ4v) is 2.62. The van der Waals surface area contributed by atoms with Crippen LogP contribution in [0.1, 0.15) is 23.7 Å². The minimum atomic E-state index is -0.536. The Kier molecular flexibility index (Phi) is 9.18. The van der Waals surface area contributed by atoms with E-state index in [4.69, 9.17) is 4.74 Å². The highest BCUT2D eigenvalue weighted by Crippen LogP contribution is 2.27. The van der Waals surface area contributed by atoms with Crippen molar-refractivity contribution in [3.63, 3.8) is 0 Å². The number of carbonyl (C=O) groups excluding carboxylic acids is 1. The van der Waals surface area contributed by atoms with Gasteiger partial charge in [0.05, 0.1) is 11.5 Å². The summed E-state index contributed by atoms with van der Waals surface area (Å²) in [6.07, 6.45) is 0.852. The average molecular weight is 373 g/mol. The molecule has 1 saturated heterocycles. The zero-order valence-corrected chi connectivity index (χ0v) is 15.1. The van der Waals surface area contributed by atoms with Crippen LogP contribution in [-0.2, 0) is 0 Å². The van der Waals surface area contributed by atoms with Crippen LogP contribution in [0.15, 0.2) is 18.2 Å². The molecule has 2 rings (SSSR count). The number of carbonyl (C=O) groups is 1. The Morgan fingerprint density at radius 3 is 2.76 bits per heavy atom. The monoisotopic (exact) mass is 372 g/mol. The third kappa shape index (κ3) is 6.49. The number of nitro benzene ring substituents is 1. The van der Waals surface area contributed by atoms with Crippen LogP contribution in [0.4, 0.5) is 5.69 Å². The van der Waals surface area contributed by atoms with E-state index in [0.717, 1.165) is 39.1 Å². The Morgan fingerprint density at radius 2 is 2.12 bits per heavy atom. The van der Waals surface area contributed by atoms with E-state index in [1.165, 1.54) is 12.1 Å². The standard InChI is InChI=1S/C16H24N4O4.ClH/c1-2-24-15-5-4-13(12-14(15)20(22)23)16(21)18-6-3-9-19-10-7-17-8-11-19;/h4-5,12,17H,2-3,6-11H2,1H3,(H,18,21);1H. The SMILES string of the molecule is CCOc1ccc(C(=O)NCCCN2CCNCC2)cc1[N+](=O)[O-].Cl. The van der Waals surface area contributed by atoms with Crippen LogP contribution in [0.25, 0.3) is 0 Å². The van der Waals surface area contributed by atoms with Crippen molar-refractivity contribution in [1.82, 2.24) is 15.5 Å². The highest BCUT2D eigenvalue weighted by atomic mass is 35.5. The number of halogens is 1. The summed E-state index contributed by atoms with van der Waals surface area (Å²) in [6, 6.07) is 4.28. The molecule has 1 aliphatic heterocycles. The maximum absolute atomic E-state index is 12.1. The Balaban J connectivity index is 0.00000312. The maximum Gasteiger partial charge on any atom is 0.311 e. The number of rotatable bonds is 8. The summed E-state index contributed by atoms with van der Waals surface area (Å²) in [5, 5.41) is 17.2. The highest BCUT2D eigenvalue weighted by Gasteiger charge is 2.18. The first-order valence-corrected chi connectivity index (χ1v) is 8.24. The first kappa shape index (κ1) is 21.1. The number of nitro groups is 1. The molecule has 0 atom stereocenters. The van der Waals surface area contributed by atoms with Gasteiger partial charge in [-0.25, -0.2) is 0 Å². The minimum Gasteiger partial charge on any atom is -0.487 e. The van der Waals surface area contributed by atoms with E-state index in [1.807, 2.05) is 0 Å². The molecule has 0 spiro atoms. The van der Waals surface area contributed by atoms with Gasteiger partial charge in [0.25, 0.3) is 5.91 Å². The van der Waals surface area contributed by atoms with Gasteiger partial charge in [0.15, 0.2) is 5.75 Å². The number of amides is 1. The summed E-state index contributed by atoms with van der Waals surface area (Å²) in [7, 11) is 0. The Morgan fingerprint density at radius 1 is 1.40 bits per heavy atom.